The van der Waals surface area contributed by atoms with Crippen molar-refractivity contribution in [1.29, 1.82) is 0 Å². The van der Waals surface area contributed by atoms with Crippen molar-refractivity contribution in [3.05, 3.63) is 54.2 Å². The van der Waals surface area contributed by atoms with Crippen LogP contribution in [0.2, 0.25) is 0 Å². The number of carbonyl (C=O) groups is 1. The van der Waals surface area contributed by atoms with E-state index in [-0.39, 0.29) is 5.91 Å². The molecule has 1 aliphatic heterocycles. The minimum Gasteiger partial charge on any atom is -0.481 e. The molecule has 4 heterocycles. The van der Waals surface area contributed by atoms with Crippen LogP contribution in [0.25, 0.3) is 5.82 Å². The summed E-state index contributed by atoms with van der Waals surface area (Å²) in [5.74, 6) is 2.73. The summed E-state index contributed by atoms with van der Waals surface area (Å²) in [4.78, 5) is 29.8. The van der Waals surface area contributed by atoms with Crippen molar-refractivity contribution in [2.45, 2.75) is 6.92 Å². The second kappa shape index (κ2) is 7.63. The zero-order chi connectivity index (χ0) is 19.5. The van der Waals surface area contributed by atoms with Gasteiger partial charge in [0, 0.05) is 56.9 Å². The highest BCUT2D eigenvalue weighted by molar-refractivity contribution is 5.94. The summed E-state index contributed by atoms with van der Waals surface area (Å²) in [6.07, 6.45) is 5.12. The maximum Gasteiger partial charge on any atom is 0.255 e. The van der Waals surface area contributed by atoms with Crippen LogP contribution in [0.4, 0.5) is 5.82 Å². The Kier molecular flexibility index (Phi) is 4.88. The SMILES string of the molecule is COc1ccc(C(=O)N2CCN(c3cc(-n4cccn4)nc(C)n3)CC2)cn1. The lowest BCUT2D eigenvalue weighted by Crippen LogP contribution is -2.49. The Balaban J connectivity index is 1.44. The van der Waals surface area contributed by atoms with Crippen LogP contribution < -0.4 is 9.64 Å². The molecule has 9 nitrogen and oxygen atoms in total. The van der Waals surface area contributed by atoms with Crippen LogP contribution in [0.1, 0.15) is 16.2 Å². The van der Waals surface area contributed by atoms with Gasteiger partial charge in [-0.3, -0.25) is 4.79 Å². The topological polar surface area (TPSA) is 89.3 Å². The minimum absolute atomic E-state index is 0.0223. The third-order valence-electron chi connectivity index (χ3n) is 4.63. The number of pyridine rings is 1. The Hall–Kier alpha value is -3.49. The standard InChI is InChI=1S/C19H21N7O2/c1-14-22-16(12-17(23-14)26-7-3-6-21-26)24-8-10-25(11-9-24)19(27)15-4-5-18(28-2)20-13-15/h3-7,12-13H,8-11H2,1-2H3. The maximum atomic E-state index is 12.7. The predicted molar refractivity (Wildman–Crippen MR) is 103 cm³/mol. The van der Waals surface area contributed by atoms with Crippen LogP contribution in [-0.2, 0) is 0 Å². The molecule has 0 bridgehead atoms. The van der Waals surface area contributed by atoms with Crippen molar-refractivity contribution in [1.82, 2.24) is 29.6 Å². The molecule has 3 aromatic heterocycles. The number of piperazine rings is 1. The maximum absolute atomic E-state index is 12.7. The molecule has 1 fully saturated rings. The number of amides is 1. The Bertz CT molecular complexity index is 949. The van der Waals surface area contributed by atoms with Gasteiger partial charge >= 0.3 is 0 Å². The molecule has 0 N–H and O–H groups in total. The molecule has 0 aliphatic carbocycles. The number of rotatable bonds is 4. The van der Waals surface area contributed by atoms with Crippen LogP contribution in [-0.4, -0.2) is 68.8 Å². The average molecular weight is 379 g/mol. The summed E-state index contributed by atoms with van der Waals surface area (Å²) in [7, 11) is 1.55. The van der Waals surface area contributed by atoms with Gasteiger partial charge in [0.25, 0.3) is 5.91 Å². The van der Waals surface area contributed by atoms with Crippen molar-refractivity contribution in [3.8, 4) is 11.7 Å². The number of aryl methyl sites for hydroxylation is 1. The largest absolute Gasteiger partial charge is 0.481 e. The van der Waals surface area contributed by atoms with Gasteiger partial charge in [0.15, 0.2) is 5.82 Å². The van der Waals surface area contributed by atoms with Crippen LogP contribution in [0.3, 0.4) is 0 Å². The summed E-state index contributed by atoms with van der Waals surface area (Å²) < 4.78 is 6.76. The number of ether oxygens (including phenoxy) is 1. The summed E-state index contributed by atoms with van der Waals surface area (Å²) in [6.45, 7) is 4.50. The molecule has 28 heavy (non-hydrogen) atoms. The summed E-state index contributed by atoms with van der Waals surface area (Å²) in [5, 5.41) is 4.24. The molecule has 0 radical (unpaired) electrons. The molecule has 1 aliphatic rings. The Morgan fingerprint density at radius 1 is 1.11 bits per heavy atom. The van der Waals surface area contributed by atoms with E-state index in [0.717, 1.165) is 11.6 Å². The molecule has 0 unspecified atom stereocenters. The zero-order valence-electron chi connectivity index (χ0n) is 15.8. The van der Waals surface area contributed by atoms with Crippen LogP contribution in [0.15, 0.2) is 42.9 Å². The summed E-state index contributed by atoms with van der Waals surface area (Å²) >= 11 is 0. The number of carbonyl (C=O) groups excluding carboxylic acids is 1. The molecule has 0 spiro atoms. The van der Waals surface area contributed by atoms with Crippen molar-refractivity contribution in [3.63, 3.8) is 0 Å². The van der Waals surface area contributed by atoms with Gasteiger partial charge in [0.2, 0.25) is 5.88 Å². The third-order valence-corrected chi connectivity index (χ3v) is 4.63. The molecule has 144 valence electrons. The molecular formula is C19H21N7O2. The van der Waals surface area contributed by atoms with Gasteiger partial charge in [0.1, 0.15) is 11.6 Å². The molecular weight excluding hydrogens is 358 g/mol. The van der Waals surface area contributed by atoms with Crippen molar-refractivity contribution >= 4 is 11.7 Å². The van der Waals surface area contributed by atoms with E-state index in [1.165, 1.54) is 0 Å². The van der Waals surface area contributed by atoms with Crippen molar-refractivity contribution in [2.75, 3.05) is 38.2 Å². The number of methoxy groups -OCH3 is 1. The molecule has 1 amide bonds. The number of hydrogen-bond donors (Lipinski definition) is 0. The van der Waals surface area contributed by atoms with Crippen LogP contribution in [0, 0.1) is 6.92 Å². The van der Waals surface area contributed by atoms with Crippen LogP contribution in [0.5, 0.6) is 5.88 Å². The van der Waals surface area contributed by atoms with Gasteiger partial charge in [-0.15, -0.1) is 0 Å². The lowest BCUT2D eigenvalue weighted by molar-refractivity contribution is 0.0746. The number of nitrogens with zero attached hydrogens (tertiary/aromatic N) is 7. The monoisotopic (exact) mass is 379 g/mol. The van der Waals surface area contributed by atoms with E-state index < -0.39 is 0 Å². The number of anilines is 1. The molecule has 0 atom stereocenters. The molecule has 0 aromatic carbocycles. The first-order chi connectivity index (χ1) is 13.6. The van der Waals surface area contributed by atoms with E-state index in [1.807, 2.05) is 30.2 Å². The van der Waals surface area contributed by atoms with Gasteiger partial charge in [-0.25, -0.2) is 19.6 Å². The molecule has 3 aromatic rings. The molecule has 4 rings (SSSR count). The van der Waals surface area contributed by atoms with Gasteiger partial charge in [-0.1, -0.05) is 0 Å². The van der Waals surface area contributed by atoms with E-state index in [2.05, 4.69) is 25.0 Å². The fourth-order valence-corrected chi connectivity index (χ4v) is 3.17. The summed E-state index contributed by atoms with van der Waals surface area (Å²) in [6, 6.07) is 7.22. The normalized spacial score (nSPS) is 14.2. The second-order valence-electron chi connectivity index (χ2n) is 6.45. The highest BCUT2D eigenvalue weighted by Gasteiger charge is 2.23. The minimum atomic E-state index is -0.0223. The Labute approximate surface area is 162 Å². The van der Waals surface area contributed by atoms with E-state index in [9.17, 15) is 4.79 Å². The van der Waals surface area contributed by atoms with Gasteiger partial charge in [-0.2, -0.15) is 5.10 Å². The van der Waals surface area contributed by atoms with Crippen molar-refractivity contribution in [2.24, 2.45) is 0 Å². The smallest absolute Gasteiger partial charge is 0.255 e. The predicted octanol–water partition coefficient (Wildman–Crippen LogP) is 1.34. The number of hydrogen-bond acceptors (Lipinski definition) is 7. The van der Waals surface area contributed by atoms with E-state index in [0.29, 0.717) is 43.4 Å². The first-order valence-corrected chi connectivity index (χ1v) is 9.04. The summed E-state index contributed by atoms with van der Waals surface area (Å²) in [5.41, 5.74) is 0.563. The second-order valence-corrected chi connectivity index (χ2v) is 6.45. The quantitative estimate of drug-likeness (QED) is 0.676. The number of aromatic nitrogens is 5. The molecule has 9 heteroatoms. The first-order valence-electron chi connectivity index (χ1n) is 9.04. The van der Waals surface area contributed by atoms with E-state index >= 15 is 0 Å². The van der Waals surface area contributed by atoms with Crippen molar-refractivity contribution < 1.29 is 9.53 Å². The van der Waals surface area contributed by atoms with Gasteiger partial charge in [-0.05, 0) is 19.1 Å². The molecule has 1 saturated heterocycles. The fourth-order valence-electron chi connectivity index (χ4n) is 3.17. The highest BCUT2D eigenvalue weighted by Crippen LogP contribution is 2.18. The Morgan fingerprint density at radius 2 is 1.89 bits per heavy atom. The Morgan fingerprint density at radius 3 is 2.54 bits per heavy atom. The first kappa shape index (κ1) is 17.9. The van der Waals surface area contributed by atoms with E-state index in [1.54, 1.807) is 36.3 Å². The molecule has 0 saturated carbocycles. The van der Waals surface area contributed by atoms with E-state index in [4.69, 9.17) is 4.74 Å². The van der Waals surface area contributed by atoms with Gasteiger partial charge in [0.05, 0.1) is 12.7 Å². The fraction of sp³-hybridized carbons (Fsp3) is 0.316. The lowest BCUT2D eigenvalue weighted by Gasteiger charge is -2.35. The zero-order valence-corrected chi connectivity index (χ0v) is 15.8. The van der Waals surface area contributed by atoms with Gasteiger partial charge < -0.3 is 14.5 Å². The van der Waals surface area contributed by atoms with Crippen LogP contribution >= 0.6 is 0 Å². The highest BCUT2D eigenvalue weighted by atomic mass is 16.5. The third kappa shape index (κ3) is 3.64. The average Bonchev–Trinajstić information content (AvgIpc) is 3.28. The lowest BCUT2D eigenvalue weighted by atomic mass is 10.2.